The van der Waals surface area contributed by atoms with Crippen LogP contribution in [0.25, 0.3) is 0 Å². The molecule has 0 spiro atoms. The Morgan fingerprint density at radius 1 is 1.30 bits per heavy atom. The summed E-state index contributed by atoms with van der Waals surface area (Å²) in [5, 5.41) is 16.1. The molecule has 1 atom stereocenters. The monoisotopic (exact) mass is 346 g/mol. The van der Waals surface area contributed by atoms with Gasteiger partial charge in [0.05, 0.1) is 6.20 Å². The predicted molar refractivity (Wildman–Crippen MR) is 83.1 cm³/mol. The maximum Gasteiger partial charge on any atom is 0.257 e. The van der Waals surface area contributed by atoms with E-state index in [1.54, 1.807) is 6.20 Å². The van der Waals surface area contributed by atoms with Crippen LogP contribution in [0.4, 0.5) is 5.82 Å². The lowest BCUT2D eigenvalue weighted by atomic mass is 10.3. The summed E-state index contributed by atoms with van der Waals surface area (Å²) < 4.78 is 6.17. The molecule has 0 fully saturated rings. The SMILES string of the molecule is CC(C)NCC(O)COc1ncc(Br)nc1NC(C)C. The second kappa shape index (κ2) is 8.39. The highest BCUT2D eigenvalue weighted by atomic mass is 79.9. The third-order valence-electron chi connectivity index (χ3n) is 2.31. The molecular formula is C13H23BrN4O2. The van der Waals surface area contributed by atoms with Gasteiger partial charge in [-0.05, 0) is 29.8 Å². The lowest BCUT2D eigenvalue weighted by molar-refractivity contribution is 0.102. The van der Waals surface area contributed by atoms with Crippen molar-refractivity contribution in [3.8, 4) is 5.88 Å². The van der Waals surface area contributed by atoms with Gasteiger partial charge in [0.25, 0.3) is 5.88 Å². The first-order valence-corrected chi connectivity index (χ1v) is 7.51. The van der Waals surface area contributed by atoms with Crippen molar-refractivity contribution < 1.29 is 9.84 Å². The summed E-state index contributed by atoms with van der Waals surface area (Å²) in [5.41, 5.74) is 0. The number of aliphatic hydroxyl groups excluding tert-OH is 1. The first-order chi connectivity index (χ1) is 9.38. The molecule has 0 saturated carbocycles. The van der Waals surface area contributed by atoms with Gasteiger partial charge in [-0.1, -0.05) is 13.8 Å². The van der Waals surface area contributed by atoms with Gasteiger partial charge in [-0.2, -0.15) is 0 Å². The summed E-state index contributed by atoms with van der Waals surface area (Å²) >= 11 is 3.28. The van der Waals surface area contributed by atoms with E-state index in [4.69, 9.17) is 4.74 Å². The van der Waals surface area contributed by atoms with Crippen LogP contribution in [0, 0.1) is 0 Å². The largest absolute Gasteiger partial charge is 0.472 e. The Hall–Kier alpha value is -0.920. The highest BCUT2D eigenvalue weighted by Gasteiger charge is 2.12. The molecule has 6 nitrogen and oxygen atoms in total. The molecular weight excluding hydrogens is 324 g/mol. The Labute approximate surface area is 128 Å². The van der Waals surface area contributed by atoms with Crippen molar-refractivity contribution in [3.05, 3.63) is 10.8 Å². The average Bonchev–Trinajstić information content (AvgIpc) is 2.34. The molecule has 3 N–H and O–H groups in total. The van der Waals surface area contributed by atoms with Gasteiger partial charge in [0.1, 0.15) is 17.3 Å². The number of nitrogens with zero attached hydrogens (tertiary/aromatic N) is 2. The molecule has 0 aliphatic rings. The molecule has 7 heteroatoms. The molecule has 0 aliphatic heterocycles. The number of aromatic nitrogens is 2. The van der Waals surface area contributed by atoms with Crippen LogP contribution in [0.5, 0.6) is 5.88 Å². The molecule has 0 amide bonds. The highest BCUT2D eigenvalue weighted by molar-refractivity contribution is 9.10. The van der Waals surface area contributed by atoms with E-state index in [1.807, 2.05) is 27.7 Å². The zero-order chi connectivity index (χ0) is 15.1. The fourth-order valence-corrected chi connectivity index (χ4v) is 1.72. The number of hydrogen-bond acceptors (Lipinski definition) is 6. The summed E-state index contributed by atoms with van der Waals surface area (Å²) in [6.07, 6.45) is 0.981. The minimum absolute atomic E-state index is 0.169. The predicted octanol–water partition coefficient (Wildman–Crippen LogP) is 1.80. The van der Waals surface area contributed by atoms with Crippen LogP contribution in [-0.4, -0.2) is 46.4 Å². The Morgan fingerprint density at radius 3 is 2.60 bits per heavy atom. The topological polar surface area (TPSA) is 79.3 Å². The third-order valence-corrected chi connectivity index (χ3v) is 2.69. The minimum Gasteiger partial charge on any atom is -0.472 e. The molecule has 114 valence electrons. The van der Waals surface area contributed by atoms with Crippen LogP contribution >= 0.6 is 15.9 Å². The zero-order valence-electron chi connectivity index (χ0n) is 12.4. The summed E-state index contributed by atoms with van der Waals surface area (Å²) in [4.78, 5) is 8.46. The van der Waals surface area contributed by atoms with Crippen LogP contribution in [0.2, 0.25) is 0 Å². The van der Waals surface area contributed by atoms with Gasteiger partial charge < -0.3 is 20.5 Å². The maximum atomic E-state index is 9.82. The summed E-state index contributed by atoms with van der Waals surface area (Å²) in [7, 11) is 0. The average molecular weight is 347 g/mol. The van der Waals surface area contributed by atoms with E-state index < -0.39 is 6.10 Å². The van der Waals surface area contributed by atoms with E-state index in [-0.39, 0.29) is 12.6 Å². The van der Waals surface area contributed by atoms with Crippen LogP contribution < -0.4 is 15.4 Å². The molecule has 1 aromatic rings. The van der Waals surface area contributed by atoms with Gasteiger partial charge in [-0.25, -0.2) is 9.97 Å². The van der Waals surface area contributed by atoms with Crippen molar-refractivity contribution in [3.63, 3.8) is 0 Å². The van der Waals surface area contributed by atoms with E-state index >= 15 is 0 Å². The Morgan fingerprint density at radius 2 is 2.00 bits per heavy atom. The smallest absolute Gasteiger partial charge is 0.257 e. The van der Waals surface area contributed by atoms with Gasteiger partial charge in [0.15, 0.2) is 5.82 Å². The standard InChI is InChI=1S/C13H23BrN4O2/c1-8(2)15-5-10(19)7-20-13-12(17-9(3)4)18-11(14)6-16-13/h6,8-10,15,19H,5,7H2,1-4H3,(H,17,18). The van der Waals surface area contributed by atoms with Crippen LogP contribution in [0.3, 0.4) is 0 Å². The van der Waals surface area contributed by atoms with E-state index in [1.165, 1.54) is 0 Å². The second-order valence-electron chi connectivity index (χ2n) is 5.17. The van der Waals surface area contributed by atoms with E-state index in [0.29, 0.717) is 28.9 Å². The highest BCUT2D eigenvalue weighted by Crippen LogP contribution is 2.22. The lowest BCUT2D eigenvalue weighted by Gasteiger charge is -2.17. The molecule has 1 rings (SSSR count). The molecule has 0 bridgehead atoms. The van der Waals surface area contributed by atoms with Crippen molar-refractivity contribution in [2.45, 2.75) is 45.9 Å². The van der Waals surface area contributed by atoms with Crippen LogP contribution in [0.15, 0.2) is 10.8 Å². The number of aliphatic hydroxyl groups is 1. The van der Waals surface area contributed by atoms with Crippen LogP contribution in [-0.2, 0) is 0 Å². The van der Waals surface area contributed by atoms with E-state index in [0.717, 1.165) is 0 Å². The second-order valence-corrected chi connectivity index (χ2v) is 5.99. The third kappa shape index (κ3) is 6.49. The van der Waals surface area contributed by atoms with Gasteiger partial charge in [0.2, 0.25) is 0 Å². The lowest BCUT2D eigenvalue weighted by Crippen LogP contribution is -2.35. The van der Waals surface area contributed by atoms with Crippen molar-refractivity contribution >= 4 is 21.7 Å². The quantitative estimate of drug-likeness (QED) is 0.666. The van der Waals surface area contributed by atoms with Crippen LogP contribution in [0.1, 0.15) is 27.7 Å². The van der Waals surface area contributed by atoms with Gasteiger partial charge in [-0.3, -0.25) is 0 Å². The minimum atomic E-state index is -0.588. The number of halogens is 1. The molecule has 0 radical (unpaired) electrons. The fraction of sp³-hybridized carbons (Fsp3) is 0.692. The fourth-order valence-electron chi connectivity index (χ4n) is 1.44. The van der Waals surface area contributed by atoms with E-state index in [2.05, 4.69) is 36.5 Å². The van der Waals surface area contributed by atoms with Gasteiger partial charge in [0, 0.05) is 18.6 Å². The first-order valence-electron chi connectivity index (χ1n) is 6.71. The molecule has 20 heavy (non-hydrogen) atoms. The Bertz CT molecular complexity index is 415. The number of hydrogen-bond donors (Lipinski definition) is 3. The zero-order valence-corrected chi connectivity index (χ0v) is 13.9. The van der Waals surface area contributed by atoms with Crippen molar-refractivity contribution in [1.29, 1.82) is 0 Å². The van der Waals surface area contributed by atoms with Crippen molar-refractivity contribution in [1.82, 2.24) is 15.3 Å². The summed E-state index contributed by atoms with van der Waals surface area (Å²) in [6, 6.07) is 0.545. The molecule has 0 aliphatic carbocycles. The summed E-state index contributed by atoms with van der Waals surface area (Å²) in [5.74, 6) is 0.962. The molecule has 1 unspecified atom stereocenters. The normalized spacial score (nSPS) is 12.8. The molecule has 1 heterocycles. The van der Waals surface area contributed by atoms with Gasteiger partial charge >= 0.3 is 0 Å². The van der Waals surface area contributed by atoms with Gasteiger partial charge in [-0.15, -0.1) is 0 Å². The van der Waals surface area contributed by atoms with Crippen molar-refractivity contribution in [2.75, 3.05) is 18.5 Å². The molecule has 0 saturated heterocycles. The Balaban J connectivity index is 2.58. The van der Waals surface area contributed by atoms with E-state index in [9.17, 15) is 5.11 Å². The summed E-state index contributed by atoms with van der Waals surface area (Å²) in [6.45, 7) is 8.72. The van der Waals surface area contributed by atoms with Crippen molar-refractivity contribution in [2.24, 2.45) is 0 Å². The number of anilines is 1. The first kappa shape index (κ1) is 17.1. The maximum absolute atomic E-state index is 9.82. The molecule has 0 aromatic carbocycles. The number of rotatable bonds is 8. The number of ether oxygens (including phenoxy) is 1. The molecule has 1 aromatic heterocycles. The Kier molecular flexibility index (Phi) is 7.18. The number of nitrogens with one attached hydrogen (secondary N) is 2.